The Morgan fingerprint density at radius 2 is 0.864 bits per heavy atom. The molecule has 2 aliphatic heterocycles. The van der Waals surface area contributed by atoms with Crippen molar-refractivity contribution < 1.29 is 8.97 Å². The van der Waals surface area contributed by atoms with Crippen LogP contribution >= 0.6 is 0 Å². The van der Waals surface area contributed by atoms with Crippen molar-refractivity contribution in [3.05, 3.63) is 0 Å². The first-order valence-electron chi connectivity index (χ1n) is 10.1. The number of quaternary nitrogens is 2. The quantitative estimate of drug-likeness (QED) is 0.492. The molecule has 2 fully saturated rings. The highest BCUT2D eigenvalue weighted by Crippen LogP contribution is 2.31. The van der Waals surface area contributed by atoms with Gasteiger partial charge in [-0.3, -0.25) is 0 Å². The second-order valence-corrected chi connectivity index (χ2v) is 9.11. The SMILES string of the molecule is CC[N+]1(CCCC[N+]2(CC)CC(C)C(C)C2)CC(C)C(C)C1. The number of likely N-dealkylation sites (tertiary alicyclic amines) is 2. The van der Waals surface area contributed by atoms with Crippen molar-refractivity contribution in [2.75, 3.05) is 52.4 Å². The Kier molecular flexibility index (Phi) is 5.99. The van der Waals surface area contributed by atoms with Gasteiger partial charge in [-0.1, -0.05) is 27.7 Å². The van der Waals surface area contributed by atoms with Crippen molar-refractivity contribution in [2.45, 2.75) is 54.4 Å². The van der Waals surface area contributed by atoms with Crippen molar-refractivity contribution in [3.63, 3.8) is 0 Å². The largest absolute Gasteiger partial charge is 0.323 e. The van der Waals surface area contributed by atoms with Crippen molar-refractivity contribution in [1.29, 1.82) is 0 Å². The van der Waals surface area contributed by atoms with Gasteiger partial charge in [0, 0.05) is 36.5 Å². The van der Waals surface area contributed by atoms with Gasteiger partial charge in [0.2, 0.25) is 0 Å². The molecule has 22 heavy (non-hydrogen) atoms. The normalized spacial score (nSPS) is 45.5. The van der Waals surface area contributed by atoms with Gasteiger partial charge >= 0.3 is 0 Å². The van der Waals surface area contributed by atoms with Crippen LogP contribution in [0.15, 0.2) is 0 Å². The van der Waals surface area contributed by atoms with Crippen LogP contribution in [0.25, 0.3) is 0 Å². The summed E-state index contributed by atoms with van der Waals surface area (Å²) in [5.41, 5.74) is 0. The summed E-state index contributed by atoms with van der Waals surface area (Å²) in [6.45, 7) is 25.9. The molecule has 0 spiro atoms. The van der Waals surface area contributed by atoms with Crippen molar-refractivity contribution in [2.24, 2.45) is 23.7 Å². The van der Waals surface area contributed by atoms with E-state index in [1.807, 2.05) is 0 Å². The van der Waals surface area contributed by atoms with Gasteiger partial charge in [-0.15, -0.1) is 0 Å². The van der Waals surface area contributed by atoms with Crippen LogP contribution < -0.4 is 0 Å². The van der Waals surface area contributed by atoms with Gasteiger partial charge < -0.3 is 8.97 Å². The van der Waals surface area contributed by atoms with Crippen LogP contribution in [-0.2, 0) is 0 Å². The maximum absolute atomic E-state index is 2.46. The molecule has 0 aromatic heterocycles. The fraction of sp³-hybridized carbons (Fsp3) is 1.00. The Bertz CT molecular complexity index is 298. The van der Waals surface area contributed by atoms with Gasteiger partial charge in [-0.25, -0.2) is 0 Å². The van der Waals surface area contributed by atoms with E-state index >= 15 is 0 Å². The van der Waals surface area contributed by atoms with E-state index in [1.54, 1.807) is 0 Å². The molecule has 2 heterocycles. The summed E-state index contributed by atoms with van der Waals surface area (Å²) in [6, 6.07) is 0. The van der Waals surface area contributed by atoms with Crippen molar-refractivity contribution in [3.8, 4) is 0 Å². The van der Waals surface area contributed by atoms with Gasteiger partial charge in [0.25, 0.3) is 0 Å². The Labute approximate surface area is 140 Å². The predicted molar refractivity (Wildman–Crippen MR) is 96.7 cm³/mol. The third-order valence-corrected chi connectivity index (χ3v) is 7.50. The van der Waals surface area contributed by atoms with E-state index in [1.165, 1.54) is 74.2 Å². The molecule has 4 atom stereocenters. The summed E-state index contributed by atoms with van der Waals surface area (Å²) in [7, 11) is 0. The first-order chi connectivity index (χ1) is 10.4. The molecular weight excluding hydrogens is 268 g/mol. The summed E-state index contributed by atoms with van der Waals surface area (Å²) < 4.78 is 2.81. The molecule has 2 nitrogen and oxygen atoms in total. The molecule has 130 valence electrons. The second kappa shape index (κ2) is 7.21. The molecule has 2 rings (SSSR count). The molecule has 0 bridgehead atoms. The van der Waals surface area contributed by atoms with Gasteiger partial charge in [0.15, 0.2) is 0 Å². The Morgan fingerprint density at radius 1 is 0.591 bits per heavy atom. The maximum atomic E-state index is 2.46. The maximum Gasteiger partial charge on any atom is 0.0817 e. The fourth-order valence-electron chi connectivity index (χ4n) is 5.40. The van der Waals surface area contributed by atoms with E-state index in [2.05, 4.69) is 41.5 Å². The lowest BCUT2D eigenvalue weighted by atomic mass is 10.0. The van der Waals surface area contributed by atoms with E-state index < -0.39 is 0 Å². The first-order valence-corrected chi connectivity index (χ1v) is 10.1. The molecule has 4 unspecified atom stereocenters. The zero-order chi connectivity index (χ0) is 16.4. The fourth-order valence-corrected chi connectivity index (χ4v) is 5.40. The smallest absolute Gasteiger partial charge is 0.0817 e. The van der Waals surface area contributed by atoms with E-state index in [0.29, 0.717) is 0 Å². The van der Waals surface area contributed by atoms with Gasteiger partial charge in [0.05, 0.1) is 52.4 Å². The minimum Gasteiger partial charge on any atom is -0.323 e. The summed E-state index contributed by atoms with van der Waals surface area (Å²) >= 11 is 0. The highest BCUT2D eigenvalue weighted by Gasteiger charge is 2.41. The number of rotatable bonds is 7. The van der Waals surface area contributed by atoms with Crippen molar-refractivity contribution in [1.82, 2.24) is 0 Å². The monoisotopic (exact) mass is 310 g/mol. The summed E-state index contributed by atoms with van der Waals surface area (Å²) in [5, 5.41) is 0. The van der Waals surface area contributed by atoms with Gasteiger partial charge in [0.1, 0.15) is 0 Å². The highest BCUT2D eigenvalue weighted by atomic mass is 15.4. The lowest BCUT2D eigenvalue weighted by molar-refractivity contribution is -0.923. The highest BCUT2D eigenvalue weighted by molar-refractivity contribution is 4.71. The number of hydrogen-bond acceptors (Lipinski definition) is 0. The lowest BCUT2D eigenvalue weighted by Gasteiger charge is -2.36. The molecule has 0 aromatic carbocycles. The molecule has 0 aliphatic carbocycles. The minimum absolute atomic E-state index is 0.925. The van der Waals surface area contributed by atoms with Crippen LogP contribution in [0.4, 0.5) is 0 Å². The molecule has 2 heteroatoms. The second-order valence-electron chi connectivity index (χ2n) is 9.11. The van der Waals surface area contributed by atoms with Gasteiger partial charge in [-0.05, 0) is 13.8 Å². The zero-order valence-electron chi connectivity index (χ0n) is 16.3. The molecule has 2 aliphatic rings. The molecule has 0 radical (unpaired) electrons. The Morgan fingerprint density at radius 3 is 1.09 bits per heavy atom. The Balaban J connectivity index is 1.79. The van der Waals surface area contributed by atoms with E-state index in [0.717, 1.165) is 23.7 Å². The summed E-state index contributed by atoms with van der Waals surface area (Å²) in [5.74, 6) is 3.70. The number of hydrogen-bond donors (Lipinski definition) is 0. The van der Waals surface area contributed by atoms with Gasteiger partial charge in [-0.2, -0.15) is 0 Å². The average molecular weight is 311 g/mol. The number of unbranched alkanes of at least 4 members (excludes halogenated alkanes) is 1. The molecule has 0 N–H and O–H groups in total. The van der Waals surface area contributed by atoms with Crippen LogP contribution in [0.2, 0.25) is 0 Å². The molecule has 0 saturated carbocycles. The summed E-state index contributed by atoms with van der Waals surface area (Å²) in [4.78, 5) is 0. The van der Waals surface area contributed by atoms with Crippen LogP contribution in [0.5, 0.6) is 0 Å². The van der Waals surface area contributed by atoms with Crippen LogP contribution in [-0.4, -0.2) is 61.3 Å². The summed E-state index contributed by atoms with van der Waals surface area (Å²) in [6.07, 6.45) is 2.88. The lowest BCUT2D eigenvalue weighted by Crippen LogP contribution is -2.48. The molecule has 0 amide bonds. The van der Waals surface area contributed by atoms with E-state index in [4.69, 9.17) is 0 Å². The van der Waals surface area contributed by atoms with E-state index in [9.17, 15) is 0 Å². The average Bonchev–Trinajstić information content (AvgIpc) is 2.94. The van der Waals surface area contributed by atoms with E-state index in [-0.39, 0.29) is 0 Å². The molecule has 2 saturated heterocycles. The van der Waals surface area contributed by atoms with Crippen molar-refractivity contribution >= 4 is 0 Å². The first kappa shape index (κ1) is 18.3. The standard InChI is InChI=1S/C20H42N2/c1-7-21(13-17(3)18(4)14-21)11-9-10-12-22(8-2)15-19(5)20(6)16-22/h17-20H,7-16H2,1-6H3/q+2. The van der Waals surface area contributed by atoms with Crippen LogP contribution in [0.1, 0.15) is 54.4 Å². The Hall–Kier alpha value is -0.0800. The minimum atomic E-state index is 0.925. The third-order valence-electron chi connectivity index (χ3n) is 7.50. The predicted octanol–water partition coefficient (Wildman–Crippen LogP) is 4.01. The number of nitrogens with zero attached hydrogens (tertiary/aromatic N) is 2. The third kappa shape index (κ3) is 3.87. The topological polar surface area (TPSA) is 0 Å². The molecule has 0 aromatic rings. The zero-order valence-corrected chi connectivity index (χ0v) is 16.3. The van der Waals surface area contributed by atoms with Crippen LogP contribution in [0.3, 0.4) is 0 Å². The molecular formula is C20H42N2+2. The van der Waals surface area contributed by atoms with Crippen LogP contribution in [0, 0.1) is 23.7 Å².